The van der Waals surface area contributed by atoms with Gasteiger partial charge in [-0.1, -0.05) is 6.07 Å². The third-order valence-corrected chi connectivity index (χ3v) is 3.19. The van der Waals surface area contributed by atoms with Crippen LogP contribution in [0, 0.1) is 12.8 Å². The van der Waals surface area contributed by atoms with Gasteiger partial charge in [0.15, 0.2) is 5.65 Å². The fourth-order valence-electron chi connectivity index (χ4n) is 2.31. The van der Waals surface area contributed by atoms with Crippen molar-refractivity contribution in [2.24, 2.45) is 5.92 Å². The number of nitrogens with zero attached hydrogens (tertiary/aromatic N) is 3. The lowest BCUT2D eigenvalue weighted by molar-refractivity contribution is 0.185. The van der Waals surface area contributed by atoms with E-state index in [0.717, 1.165) is 37.5 Å². The fraction of sp³-hybridized carbons (Fsp3) is 0.500. The summed E-state index contributed by atoms with van der Waals surface area (Å²) in [6.45, 7) is 3.84. The van der Waals surface area contributed by atoms with Crippen LogP contribution in [0.5, 0.6) is 0 Å². The Morgan fingerprint density at radius 2 is 2.38 bits per heavy atom. The number of rotatable bonds is 2. The zero-order chi connectivity index (χ0) is 11.0. The van der Waals surface area contributed by atoms with Crippen molar-refractivity contribution in [3.05, 3.63) is 29.7 Å². The van der Waals surface area contributed by atoms with Gasteiger partial charge in [-0.3, -0.25) is 4.40 Å². The molecule has 1 unspecified atom stereocenters. The largest absolute Gasteiger partial charge is 0.381 e. The zero-order valence-corrected chi connectivity index (χ0v) is 9.39. The lowest BCUT2D eigenvalue weighted by atomic mass is 10.1. The predicted octanol–water partition coefficient (Wildman–Crippen LogP) is 1.62. The van der Waals surface area contributed by atoms with E-state index in [-0.39, 0.29) is 0 Å². The minimum Gasteiger partial charge on any atom is -0.381 e. The molecule has 3 rings (SSSR count). The van der Waals surface area contributed by atoms with Gasteiger partial charge in [-0.2, -0.15) is 0 Å². The molecule has 0 aliphatic carbocycles. The van der Waals surface area contributed by atoms with Crippen LogP contribution in [0.4, 0.5) is 0 Å². The van der Waals surface area contributed by atoms with Crippen LogP contribution in [-0.2, 0) is 11.2 Å². The smallest absolute Gasteiger partial charge is 0.160 e. The van der Waals surface area contributed by atoms with Crippen LogP contribution < -0.4 is 0 Å². The molecule has 16 heavy (non-hydrogen) atoms. The molecular weight excluding hydrogens is 202 g/mol. The van der Waals surface area contributed by atoms with Gasteiger partial charge in [0, 0.05) is 25.3 Å². The first-order chi connectivity index (χ1) is 7.84. The number of pyridine rings is 1. The maximum absolute atomic E-state index is 5.39. The normalized spacial score (nSPS) is 20.7. The molecule has 2 aromatic heterocycles. The van der Waals surface area contributed by atoms with Crippen LogP contribution in [0.25, 0.3) is 5.65 Å². The fourth-order valence-corrected chi connectivity index (χ4v) is 2.31. The van der Waals surface area contributed by atoms with Crippen LogP contribution in [-0.4, -0.2) is 27.8 Å². The van der Waals surface area contributed by atoms with Crippen molar-refractivity contribution < 1.29 is 4.74 Å². The zero-order valence-electron chi connectivity index (χ0n) is 9.39. The topological polar surface area (TPSA) is 39.4 Å². The van der Waals surface area contributed by atoms with Crippen LogP contribution in [0.1, 0.15) is 17.9 Å². The summed E-state index contributed by atoms with van der Waals surface area (Å²) in [6, 6.07) is 6.10. The summed E-state index contributed by atoms with van der Waals surface area (Å²) in [5, 5.41) is 8.47. The molecule has 0 radical (unpaired) electrons. The summed E-state index contributed by atoms with van der Waals surface area (Å²) >= 11 is 0. The molecule has 4 nitrogen and oxygen atoms in total. The van der Waals surface area contributed by atoms with Crippen molar-refractivity contribution in [3.8, 4) is 0 Å². The lowest BCUT2D eigenvalue weighted by Crippen LogP contribution is -2.08. The first-order valence-electron chi connectivity index (χ1n) is 5.72. The Labute approximate surface area is 94.3 Å². The Bertz CT molecular complexity index is 500. The molecular formula is C12H15N3O. The Morgan fingerprint density at radius 3 is 3.19 bits per heavy atom. The maximum atomic E-state index is 5.39. The summed E-state index contributed by atoms with van der Waals surface area (Å²) < 4.78 is 7.53. The SMILES string of the molecule is Cc1cccc2nnc(CC3CCOC3)n12. The number of aryl methyl sites for hydroxylation is 1. The van der Waals surface area contributed by atoms with E-state index < -0.39 is 0 Å². The molecule has 1 saturated heterocycles. The average Bonchev–Trinajstić information content (AvgIpc) is 2.90. The molecule has 2 aromatic rings. The second-order valence-electron chi connectivity index (χ2n) is 4.41. The molecule has 0 amide bonds. The molecule has 1 aliphatic heterocycles. The molecule has 0 N–H and O–H groups in total. The number of hydrogen-bond donors (Lipinski definition) is 0. The molecule has 4 heteroatoms. The number of hydrogen-bond acceptors (Lipinski definition) is 3. The van der Waals surface area contributed by atoms with Crippen LogP contribution in [0.15, 0.2) is 18.2 Å². The highest BCUT2D eigenvalue weighted by Gasteiger charge is 2.19. The monoisotopic (exact) mass is 217 g/mol. The van der Waals surface area contributed by atoms with Crippen molar-refractivity contribution in [2.75, 3.05) is 13.2 Å². The summed E-state index contributed by atoms with van der Waals surface area (Å²) in [4.78, 5) is 0. The standard InChI is InChI=1S/C12H15N3O/c1-9-3-2-4-11-13-14-12(15(9)11)7-10-5-6-16-8-10/h2-4,10H,5-8H2,1H3. The van der Waals surface area contributed by atoms with Crippen molar-refractivity contribution in [2.45, 2.75) is 19.8 Å². The van der Waals surface area contributed by atoms with Crippen molar-refractivity contribution >= 4 is 5.65 Å². The highest BCUT2D eigenvalue weighted by atomic mass is 16.5. The van der Waals surface area contributed by atoms with E-state index in [2.05, 4.69) is 27.6 Å². The quantitative estimate of drug-likeness (QED) is 0.767. The Morgan fingerprint density at radius 1 is 1.44 bits per heavy atom. The van der Waals surface area contributed by atoms with E-state index in [4.69, 9.17) is 4.74 Å². The van der Waals surface area contributed by atoms with Gasteiger partial charge in [0.2, 0.25) is 0 Å². The number of ether oxygens (including phenoxy) is 1. The van der Waals surface area contributed by atoms with Crippen molar-refractivity contribution in [1.82, 2.24) is 14.6 Å². The molecule has 1 fully saturated rings. The van der Waals surface area contributed by atoms with E-state index in [1.54, 1.807) is 0 Å². The summed E-state index contributed by atoms with van der Waals surface area (Å²) in [5.41, 5.74) is 2.13. The van der Waals surface area contributed by atoms with Crippen molar-refractivity contribution in [3.63, 3.8) is 0 Å². The van der Waals surface area contributed by atoms with Gasteiger partial charge >= 0.3 is 0 Å². The number of aromatic nitrogens is 3. The molecule has 84 valence electrons. The maximum Gasteiger partial charge on any atom is 0.160 e. The Hall–Kier alpha value is -1.42. The van der Waals surface area contributed by atoms with Gasteiger partial charge in [-0.15, -0.1) is 10.2 Å². The van der Waals surface area contributed by atoms with Crippen molar-refractivity contribution in [1.29, 1.82) is 0 Å². The van der Waals surface area contributed by atoms with E-state index in [0.29, 0.717) is 5.92 Å². The third-order valence-electron chi connectivity index (χ3n) is 3.19. The van der Waals surface area contributed by atoms with Gasteiger partial charge < -0.3 is 4.74 Å². The van der Waals surface area contributed by atoms with Gasteiger partial charge in [0.25, 0.3) is 0 Å². The van der Waals surface area contributed by atoms with E-state index in [1.807, 2.05) is 12.1 Å². The predicted molar refractivity (Wildman–Crippen MR) is 60.4 cm³/mol. The highest BCUT2D eigenvalue weighted by molar-refractivity contribution is 5.39. The first-order valence-corrected chi connectivity index (χ1v) is 5.72. The van der Waals surface area contributed by atoms with Gasteiger partial charge in [-0.05, 0) is 31.4 Å². The molecule has 0 spiro atoms. The Balaban J connectivity index is 1.97. The van der Waals surface area contributed by atoms with Gasteiger partial charge in [0.1, 0.15) is 5.82 Å². The summed E-state index contributed by atoms with van der Waals surface area (Å²) in [6.07, 6.45) is 2.10. The summed E-state index contributed by atoms with van der Waals surface area (Å²) in [7, 11) is 0. The molecule has 1 aliphatic rings. The van der Waals surface area contributed by atoms with E-state index in [9.17, 15) is 0 Å². The minimum atomic E-state index is 0.604. The molecule has 0 bridgehead atoms. The summed E-state index contributed by atoms with van der Waals surface area (Å²) in [5.74, 6) is 1.66. The third kappa shape index (κ3) is 1.59. The molecule has 1 atom stereocenters. The highest BCUT2D eigenvalue weighted by Crippen LogP contribution is 2.18. The van der Waals surface area contributed by atoms with Crippen LogP contribution in [0.2, 0.25) is 0 Å². The molecule has 0 aromatic carbocycles. The molecule has 3 heterocycles. The van der Waals surface area contributed by atoms with Crippen LogP contribution in [0.3, 0.4) is 0 Å². The lowest BCUT2D eigenvalue weighted by Gasteiger charge is -2.07. The van der Waals surface area contributed by atoms with Crippen LogP contribution >= 0.6 is 0 Å². The number of fused-ring (bicyclic) bond motifs is 1. The Kier molecular flexibility index (Phi) is 2.36. The van der Waals surface area contributed by atoms with E-state index >= 15 is 0 Å². The first kappa shape index (κ1) is 9.78. The van der Waals surface area contributed by atoms with Gasteiger partial charge in [-0.25, -0.2) is 0 Å². The molecule has 0 saturated carbocycles. The second kappa shape index (κ2) is 3.87. The minimum absolute atomic E-state index is 0.604. The van der Waals surface area contributed by atoms with Gasteiger partial charge in [0.05, 0.1) is 0 Å². The average molecular weight is 217 g/mol. The van der Waals surface area contributed by atoms with E-state index in [1.165, 1.54) is 5.69 Å². The second-order valence-corrected chi connectivity index (χ2v) is 4.41.